The number of rotatable bonds is 2. The molecular weight excluding hydrogens is 192 g/mol. The summed E-state index contributed by atoms with van der Waals surface area (Å²) in [5.41, 5.74) is 5.84. The highest BCUT2D eigenvalue weighted by Gasteiger charge is 2.33. The van der Waals surface area contributed by atoms with Crippen molar-refractivity contribution >= 4 is 5.91 Å². The van der Waals surface area contributed by atoms with Crippen LogP contribution in [0.1, 0.15) is 26.2 Å². The summed E-state index contributed by atoms with van der Waals surface area (Å²) in [6, 6.07) is 0.187. The van der Waals surface area contributed by atoms with Gasteiger partial charge in [0.25, 0.3) is 5.91 Å². The fourth-order valence-corrected chi connectivity index (χ4v) is 2.39. The molecule has 0 aromatic heterocycles. The van der Waals surface area contributed by atoms with Crippen molar-refractivity contribution in [1.29, 1.82) is 0 Å². The minimum Gasteiger partial charge on any atom is -0.368 e. The summed E-state index contributed by atoms with van der Waals surface area (Å²) in [5, 5.41) is 0. The van der Waals surface area contributed by atoms with Crippen molar-refractivity contribution in [3.63, 3.8) is 0 Å². The van der Waals surface area contributed by atoms with Gasteiger partial charge in [-0.2, -0.15) is 0 Å². The second-order valence-electron chi connectivity index (χ2n) is 4.69. The second-order valence-corrected chi connectivity index (χ2v) is 4.69. The summed E-state index contributed by atoms with van der Waals surface area (Å²) in [4.78, 5) is 13.9. The average Bonchev–Trinajstić information content (AvgIpc) is 2.88. The monoisotopic (exact) mass is 212 g/mol. The fraction of sp³-hybridized carbons (Fsp3) is 0.909. The molecule has 4 nitrogen and oxygen atoms in total. The fourth-order valence-electron chi connectivity index (χ4n) is 2.39. The van der Waals surface area contributed by atoms with Crippen molar-refractivity contribution in [1.82, 2.24) is 4.90 Å². The molecule has 2 unspecified atom stereocenters. The molecule has 0 spiro atoms. The van der Waals surface area contributed by atoms with Gasteiger partial charge in [0.2, 0.25) is 0 Å². The van der Waals surface area contributed by atoms with Gasteiger partial charge in [-0.15, -0.1) is 0 Å². The van der Waals surface area contributed by atoms with Crippen molar-refractivity contribution in [3.8, 4) is 0 Å². The molecule has 2 aliphatic rings. The maximum Gasteiger partial charge on any atom is 0.251 e. The van der Waals surface area contributed by atoms with Gasteiger partial charge in [-0.3, -0.25) is 4.79 Å². The molecule has 86 valence electrons. The lowest BCUT2D eigenvalue weighted by Gasteiger charge is -2.21. The van der Waals surface area contributed by atoms with Gasteiger partial charge >= 0.3 is 0 Å². The first-order valence-corrected chi connectivity index (χ1v) is 5.84. The maximum absolute atomic E-state index is 12.0. The zero-order valence-electron chi connectivity index (χ0n) is 9.32. The summed E-state index contributed by atoms with van der Waals surface area (Å²) >= 11 is 0. The molecular formula is C11H20N2O2. The van der Waals surface area contributed by atoms with Crippen LogP contribution >= 0.6 is 0 Å². The summed E-state index contributed by atoms with van der Waals surface area (Å²) in [6.45, 7) is 4.42. The summed E-state index contributed by atoms with van der Waals surface area (Å²) in [6.07, 6.45) is 2.77. The number of likely N-dealkylation sites (tertiary alicyclic amines) is 1. The van der Waals surface area contributed by atoms with Gasteiger partial charge < -0.3 is 15.4 Å². The Balaban J connectivity index is 1.87. The predicted octanol–water partition coefficient (Wildman–Crippen LogP) is 0.361. The molecule has 2 saturated heterocycles. The van der Waals surface area contributed by atoms with E-state index in [1.807, 2.05) is 11.8 Å². The zero-order valence-corrected chi connectivity index (χ0v) is 9.32. The topological polar surface area (TPSA) is 55.6 Å². The normalized spacial score (nSPS) is 33.3. The van der Waals surface area contributed by atoms with Crippen molar-refractivity contribution in [2.75, 3.05) is 19.7 Å². The van der Waals surface area contributed by atoms with Crippen LogP contribution in [0.5, 0.6) is 0 Å². The maximum atomic E-state index is 12.0. The second kappa shape index (κ2) is 4.49. The quantitative estimate of drug-likeness (QED) is 0.719. The molecule has 1 amide bonds. The lowest BCUT2D eigenvalue weighted by atomic mass is 10.0. The van der Waals surface area contributed by atoms with Crippen LogP contribution in [0.3, 0.4) is 0 Å². The van der Waals surface area contributed by atoms with Crippen LogP contribution in [-0.2, 0) is 9.53 Å². The van der Waals surface area contributed by atoms with E-state index in [4.69, 9.17) is 10.5 Å². The lowest BCUT2D eigenvalue weighted by molar-refractivity contribution is -0.139. The number of amides is 1. The molecule has 2 aliphatic heterocycles. The molecule has 3 atom stereocenters. The van der Waals surface area contributed by atoms with Gasteiger partial charge in [0.15, 0.2) is 0 Å². The van der Waals surface area contributed by atoms with E-state index in [9.17, 15) is 4.79 Å². The molecule has 15 heavy (non-hydrogen) atoms. The van der Waals surface area contributed by atoms with E-state index in [0.29, 0.717) is 5.92 Å². The average molecular weight is 212 g/mol. The standard InChI is InChI=1S/C11H20N2O2/c1-8(12)9-4-5-13(7-9)11(14)10-3-2-6-15-10/h8-10H,2-7,12H2,1H3/t8?,9?,10-/m0/s1. The summed E-state index contributed by atoms with van der Waals surface area (Å²) in [7, 11) is 0. The number of carbonyl (C=O) groups is 1. The Morgan fingerprint density at radius 1 is 1.53 bits per heavy atom. The molecule has 0 saturated carbocycles. The summed E-state index contributed by atoms with van der Waals surface area (Å²) < 4.78 is 5.40. The van der Waals surface area contributed by atoms with Crippen molar-refractivity contribution < 1.29 is 9.53 Å². The Labute approximate surface area is 90.8 Å². The van der Waals surface area contributed by atoms with Gasteiger partial charge in [0.05, 0.1) is 0 Å². The van der Waals surface area contributed by atoms with Crippen LogP contribution in [0.4, 0.5) is 0 Å². The van der Waals surface area contributed by atoms with Crippen molar-refractivity contribution in [3.05, 3.63) is 0 Å². The third-order valence-electron chi connectivity index (χ3n) is 3.49. The minimum atomic E-state index is -0.170. The van der Waals surface area contributed by atoms with Crippen LogP contribution in [0.15, 0.2) is 0 Å². The molecule has 2 N–H and O–H groups in total. The minimum absolute atomic E-state index is 0.170. The van der Waals surface area contributed by atoms with E-state index in [2.05, 4.69) is 0 Å². The summed E-state index contributed by atoms with van der Waals surface area (Å²) in [5.74, 6) is 0.644. The Hall–Kier alpha value is -0.610. The first-order chi connectivity index (χ1) is 7.18. The van der Waals surface area contributed by atoms with Crippen LogP contribution in [0.2, 0.25) is 0 Å². The molecule has 2 fully saturated rings. The van der Waals surface area contributed by atoms with E-state index in [0.717, 1.165) is 39.0 Å². The molecule has 0 aromatic rings. The number of carbonyl (C=O) groups excluding carboxylic acids is 1. The third-order valence-corrected chi connectivity index (χ3v) is 3.49. The molecule has 4 heteroatoms. The van der Waals surface area contributed by atoms with Gasteiger partial charge in [0, 0.05) is 25.7 Å². The van der Waals surface area contributed by atoms with E-state index in [1.54, 1.807) is 0 Å². The van der Waals surface area contributed by atoms with Crippen molar-refractivity contribution in [2.24, 2.45) is 11.7 Å². The van der Waals surface area contributed by atoms with E-state index >= 15 is 0 Å². The van der Waals surface area contributed by atoms with Crippen LogP contribution < -0.4 is 5.73 Å². The third kappa shape index (κ3) is 2.32. The van der Waals surface area contributed by atoms with E-state index in [-0.39, 0.29) is 18.1 Å². The van der Waals surface area contributed by atoms with Gasteiger partial charge in [-0.1, -0.05) is 0 Å². The van der Waals surface area contributed by atoms with Gasteiger partial charge in [0.1, 0.15) is 6.10 Å². The number of hydrogen-bond donors (Lipinski definition) is 1. The molecule has 0 radical (unpaired) electrons. The Bertz CT molecular complexity index is 237. The van der Waals surface area contributed by atoms with Crippen LogP contribution in [0.25, 0.3) is 0 Å². The molecule has 0 aromatic carbocycles. The molecule has 0 bridgehead atoms. The Kier molecular flexibility index (Phi) is 3.26. The first-order valence-electron chi connectivity index (χ1n) is 5.84. The van der Waals surface area contributed by atoms with E-state index < -0.39 is 0 Å². The molecule has 2 heterocycles. The number of nitrogens with two attached hydrogens (primary N) is 1. The number of hydrogen-bond acceptors (Lipinski definition) is 3. The van der Waals surface area contributed by atoms with E-state index in [1.165, 1.54) is 0 Å². The Morgan fingerprint density at radius 3 is 2.87 bits per heavy atom. The van der Waals surface area contributed by atoms with Crippen LogP contribution in [-0.4, -0.2) is 42.6 Å². The number of nitrogens with zero attached hydrogens (tertiary/aromatic N) is 1. The highest BCUT2D eigenvalue weighted by molar-refractivity contribution is 5.81. The largest absolute Gasteiger partial charge is 0.368 e. The highest BCUT2D eigenvalue weighted by Crippen LogP contribution is 2.22. The predicted molar refractivity (Wildman–Crippen MR) is 57.3 cm³/mol. The first kappa shape index (κ1) is 10.9. The highest BCUT2D eigenvalue weighted by atomic mass is 16.5. The zero-order chi connectivity index (χ0) is 10.8. The SMILES string of the molecule is CC(N)C1CCN(C(=O)[C@@H]2CCCO2)C1. The molecule has 2 rings (SSSR count). The Morgan fingerprint density at radius 2 is 2.33 bits per heavy atom. The smallest absolute Gasteiger partial charge is 0.251 e. The molecule has 0 aliphatic carbocycles. The van der Waals surface area contributed by atoms with Crippen molar-refractivity contribution in [2.45, 2.75) is 38.3 Å². The van der Waals surface area contributed by atoms with Gasteiger partial charge in [-0.05, 0) is 32.1 Å². The van der Waals surface area contributed by atoms with Gasteiger partial charge in [-0.25, -0.2) is 0 Å². The van der Waals surface area contributed by atoms with Crippen LogP contribution in [0, 0.1) is 5.92 Å². The lowest BCUT2D eigenvalue weighted by Crippen LogP contribution is -2.38. The number of ether oxygens (including phenoxy) is 1.